The second kappa shape index (κ2) is 4.95. The Bertz CT molecular complexity index is 397. The van der Waals surface area contributed by atoms with Gasteiger partial charge in [-0.3, -0.25) is 4.79 Å². The van der Waals surface area contributed by atoms with Crippen molar-refractivity contribution in [2.45, 2.75) is 6.10 Å². The van der Waals surface area contributed by atoms with E-state index in [1.165, 1.54) is 0 Å². The molecule has 0 aliphatic carbocycles. The van der Waals surface area contributed by atoms with Crippen LogP contribution in [0.1, 0.15) is 0 Å². The molecule has 1 aliphatic heterocycles. The van der Waals surface area contributed by atoms with Crippen molar-refractivity contribution in [1.82, 2.24) is 0 Å². The standard InChI is InChI=1S/C11H12BrNO3/c12-8-2-1-3-9(6-8)13-4-5-16-10(7-14)11(13)15/h1-3,6,10,14H,4-5,7H2. The zero-order valence-electron chi connectivity index (χ0n) is 8.60. The molecule has 1 atom stereocenters. The highest BCUT2D eigenvalue weighted by molar-refractivity contribution is 9.10. The van der Waals surface area contributed by atoms with Crippen LogP contribution in [-0.4, -0.2) is 36.9 Å². The monoisotopic (exact) mass is 285 g/mol. The van der Waals surface area contributed by atoms with Gasteiger partial charge in [0.15, 0.2) is 6.10 Å². The van der Waals surface area contributed by atoms with Crippen molar-refractivity contribution in [3.63, 3.8) is 0 Å². The van der Waals surface area contributed by atoms with Gasteiger partial charge in [-0.05, 0) is 18.2 Å². The number of carbonyl (C=O) groups is 1. The average molecular weight is 286 g/mol. The Labute approximate surface area is 102 Å². The van der Waals surface area contributed by atoms with Gasteiger partial charge in [0.25, 0.3) is 5.91 Å². The van der Waals surface area contributed by atoms with E-state index in [2.05, 4.69) is 15.9 Å². The predicted octanol–water partition coefficient (Wildman–Crippen LogP) is 1.17. The molecule has 5 heteroatoms. The topological polar surface area (TPSA) is 49.8 Å². The van der Waals surface area contributed by atoms with Gasteiger partial charge in [0.1, 0.15) is 0 Å². The van der Waals surface area contributed by atoms with E-state index in [1.54, 1.807) is 4.90 Å². The quantitative estimate of drug-likeness (QED) is 0.888. The number of hydrogen-bond donors (Lipinski definition) is 1. The van der Waals surface area contributed by atoms with Gasteiger partial charge in [-0.1, -0.05) is 22.0 Å². The van der Waals surface area contributed by atoms with Crippen LogP contribution in [0, 0.1) is 0 Å². The number of benzene rings is 1. The van der Waals surface area contributed by atoms with Crippen LogP contribution in [0.25, 0.3) is 0 Å². The SMILES string of the molecule is O=C1C(CO)OCCN1c1cccc(Br)c1. The number of ether oxygens (including phenoxy) is 1. The van der Waals surface area contributed by atoms with Crippen LogP contribution >= 0.6 is 15.9 Å². The predicted molar refractivity (Wildman–Crippen MR) is 63.3 cm³/mol. The summed E-state index contributed by atoms with van der Waals surface area (Å²) in [5.41, 5.74) is 0.820. The van der Waals surface area contributed by atoms with E-state index in [-0.39, 0.29) is 12.5 Å². The first kappa shape index (κ1) is 11.6. The van der Waals surface area contributed by atoms with Gasteiger partial charge >= 0.3 is 0 Å². The maximum Gasteiger partial charge on any atom is 0.258 e. The maximum atomic E-state index is 11.9. The van der Waals surface area contributed by atoms with Crippen LogP contribution in [0.15, 0.2) is 28.7 Å². The van der Waals surface area contributed by atoms with Crippen molar-refractivity contribution in [2.75, 3.05) is 24.7 Å². The molecule has 1 aliphatic rings. The van der Waals surface area contributed by atoms with Crippen LogP contribution in [0.3, 0.4) is 0 Å². The van der Waals surface area contributed by atoms with Gasteiger partial charge in [-0.25, -0.2) is 0 Å². The van der Waals surface area contributed by atoms with Gasteiger partial charge in [-0.15, -0.1) is 0 Å². The number of anilines is 1. The fraction of sp³-hybridized carbons (Fsp3) is 0.364. The van der Waals surface area contributed by atoms with Crippen LogP contribution in [0.2, 0.25) is 0 Å². The van der Waals surface area contributed by atoms with Crippen LogP contribution in [0.5, 0.6) is 0 Å². The lowest BCUT2D eigenvalue weighted by Crippen LogP contribution is -2.49. The van der Waals surface area contributed by atoms with Gasteiger partial charge in [0.2, 0.25) is 0 Å². The molecule has 0 spiro atoms. The average Bonchev–Trinajstić information content (AvgIpc) is 2.29. The Hall–Kier alpha value is -0.910. The summed E-state index contributed by atoms with van der Waals surface area (Å²) >= 11 is 3.36. The summed E-state index contributed by atoms with van der Waals surface area (Å²) < 4.78 is 6.09. The third kappa shape index (κ3) is 2.26. The Kier molecular flexibility index (Phi) is 3.58. The highest BCUT2D eigenvalue weighted by atomic mass is 79.9. The highest BCUT2D eigenvalue weighted by Gasteiger charge is 2.29. The number of morpholine rings is 1. The molecular formula is C11H12BrNO3. The minimum absolute atomic E-state index is 0.188. The van der Waals surface area contributed by atoms with Gasteiger partial charge in [0, 0.05) is 16.7 Å². The first-order valence-electron chi connectivity index (χ1n) is 5.02. The second-order valence-electron chi connectivity index (χ2n) is 3.51. The lowest BCUT2D eigenvalue weighted by molar-refractivity contribution is -0.136. The molecule has 4 nitrogen and oxygen atoms in total. The minimum Gasteiger partial charge on any atom is -0.393 e. The molecule has 1 fully saturated rings. The summed E-state index contributed by atoms with van der Waals surface area (Å²) in [6.07, 6.45) is -0.729. The molecule has 2 rings (SSSR count). The highest BCUT2D eigenvalue weighted by Crippen LogP contribution is 2.22. The largest absolute Gasteiger partial charge is 0.393 e. The molecule has 0 aromatic heterocycles. The number of carbonyl (C=O) groups excluding carboxylic acids is 1. The Morgan fingerprint density at radius 1 is 1.56 bits per heavy atom. The normalized spacial score (nSPS) is 21.2. The van der Waals surface area contributed by atoms with Gasteiger partial charge in [-0.2, -0.15) is 0 Å². The summed E-state index contributed by atoms with van der Waals surface area (Å²) in [6.45, 7) is 0.693. The van der Waals surface area contributed by atoms with Crippen molar-refractivity contribution in [2.24, 2.45) is 0 Å². The van der Waals surface area contributed by atoms with Gasteiger partial charge < -0.3 is 14.7 Å². The summed E-state index contributed by atoms with van der Waals surface area (Å²) in [7, 11) is 0. The van der Waals surface area contributed by atoms with E-state index in [0.29, 0.717) is 13.2 Å². The lowest BCUT2D eigenvalue weighted by atomic mass is 10.2. The fourth-order valence-electron chi connectivity index (χ4n) is 1.67. The van der Waals surface area contributed by atoms with Crippen molar-refractivity contribution in [3.8, 4) is 0 Å². The number of halogens is 1. The van der Waals surface area contributed by atoms with Crippen molar-refractivity contribution >= 4 is 27.5 Å². The molecule has 0 radical (unpaired) electrons. The van der Waals surface area contributed by atoms with Crippen LogP contribution < -0.4 is 4.90 Å². The Morgan fingerprint density at radius 3 is 3.06 bits per heavy atom. The zero-order chi connectivity index (χ0) is 11.5. The summed E-state index contributed by atoms with van der Waals surface area (Å²) in [6, 6.07) is 7.51. The third-order valence-electron chi connectivity index (χ3n) is 2.46. The van der Waals surface area contributed by atoms with E-state index in [0.717, 1.165) is 10.2 Å². The molecule has 86 valence electrons. The first-order chi connectivity index (χ1) is 7.72. The summed E-state index contributed by atoms with van der Waals surface area (Å²) in [5.74, 6) is -0.188. The Morgan fingerprint density at radius 2 is 2.38 bits per heavy atom. The molecule has 1 unspecified atom stereocenters. The van der Waals surface area contributed by atoms with Crippen LogP contribution in [0.4, 0.5) is 5.69 Å². The second-order valence-corrected chi connectivity index (χ2v) is 4.43. The smallest absolute Gasteiger partial charge is 0.258 e. The number of hydrogen-bond acceptors (Lipinski definition) is 3. The van der Waals surface area contributed by atoms with E-state index >= 15 is 0 Å². The van der Waals surface area contributed by atoms with Crippen molar-refractivity contribution in [1.29, 1.82) is 0 Å². The van der Waals surface area contributed by atoms with E-state index in [9.17, 15) is 4.79 Å². The molecule has 16 heavy (non-hydrogen) atoms. The molecular weight excluding hydrogens is 274 g/mol. The minimum atomic E-state index is -0.729. The third-order valence-corrected chi connectivity index (χ3v) is 2.95. The summed E-state index contributed by atoms with van der Waals surface area (Å²) in [4.78, 5) is 13.5. The summed E-state index contributed by atoms with van der Waals surface area (Å²) in [5, 5.41) is 9.00. The lowest BCUT2D eigenvalue weighted by Gasteiger charge is -2.31. The first-order valence-corrected chi connectivity index (χ1v) is 5.81. The van der Waals surface area contributed by atoms with Gasteiger partial charge in [0.05, 0.1) is 13.2 Å². The molecule has 0 saturated carbocycles. The zero-order valence-corrected chi connectivity index (χ0v) is 10.2. The molecule has 1 heterocycles. The van der Waals surface area contributed by atoms with E-state index in [4.69, 9.17) is 9.84 Å². The molecule has 1 aromatic rings. The molecule has 1 saturated heterocycles. The number of aliphatic hydroxyl groups excluding tert-OH is 1. The van der Waals surface area contributed by atoms with Crippen molar-refractivity contribution < 1.29 is 14.6 Å². The molecule has 1 amide bonds. The van der Waals surface area contributed by atoms with Crippen LogP contribution in [-0.2, 0) is 9.53 Å². The number of aliphatic hydroxyl groups is 1. The fourth-order valence-corrected chi connectivity index (χ4v) is 2.06. The number of rotatable bonds is 2. The van der Waals surface area contributed by atoms with E-state index < -0.39 is 6.10 Å². The number of nitrogens with zero attached hydrogens (tertiary/aromatic N) is 1. The number of amides is 1. The van der Waals surface area contributed by atoms with E-state index in [1.807, 2.05) is 24.3 Å². The Balaban J connectivity index is 2.23. The molecule has 1 aromatic carbocycles. The maximum absolute atomic E-state index is 11.9. The molecule has 0 bridgehead atoms. The van der Waals surface area contributed by atoms with Crippen molar-refractivity contribution in [3.05, 3.63) is 28.7 Å². The molecule has 1 N–H and O–H groups in total.